The summed E-state index contributed by atoms with van der Waals surface area (Å²) in [5.74, 6) is 0.332. The van der Waals surface area contributed by atoms with Crippen LogP contribution >= 0.6 is 0 Å². The number of hydrogen-bond donors (Lipinski definition) is 1. The molecule has 0 atom stereocenters. The van der Waals surface area contributed by atoms with Gasteiger partial charge in [0, 0.05) is 0 Å². The summed E-state index contributed by atoms with van der Waals surface area (Å²) in [5.41, 5.74) is 2.37. The van der Waals surface area contributed by atoms with Crippen molar-refractivity contribution in [3.05, 3.63) is 59.2 Å². The predicted octanol–water partition coefficient (Wildman–Crippen LogP) is 4.05. The van der Waals surface area contributed by atoms with Gasteiger partial charge in [-0.05, 0) is 48.7 Å². The van der Waals surface area contributed by atoms with E-state index >= 15 is 0 Å². The summed E-state index contributed by atoms with van der Waals surface area (Å²) < 4.78 is 5.74. The molecule has 2 aromatic carbocycles. The van der Waals surface area contributed by atoms with Crippen molar-refractivity contribution >= 4 is 5.97 Å². The minimum atomic E-state index is -0.953. The minimum Gasteiger partial charge on any atom is -0.478 e. The van der Waals surface area contributed by atoms with Crippen molar-refractivity contribution in [1.29, 1.82) is 0 Å². The van der Waals surface area contributed by atoms with E-state index < -0.39 is 5.97 Å². The number of ether oxygens (including phenoxy) is 1. The molecule has 3 heteroatoms. The van der Waals surface area contributed by atoms with Gasteiger partial charge in [-0.1, -0.05) is 25.1 Å². The van der Waals surface area contributed by atoms with E-state index in [9.17, 15) is 4.79 Å². The molecule has 3 nitrogen and oxygen atoms in total. The molecular weight excluding hydrogens is 240 g/mol. The lowest BCUT2D eigenvalue weighted by atomic mass is 10.1. The molecule has 0 unspecified atom stereocenters. The van der Waals surface area contributed by atoms with Crippen LogP contribution in [-0.4, -0.2) is 11.1 Å². The SMILES string of the molecule is CCc1ccc(Oc2cc(C(=O)O)ccc2C)cc1. The number of rotatable bonds is 4. The van der Waals surface area contributed by atoms with Crippen LogP contribution in [0.15, 0.2) is 42.5 Å². The highest BCUT2D eigenvalue weighted by atomic mass is 16.5. The van der Waals surface area contributed by atoms with Crippen molar-refractivity contribution in [2.24, 2.45) is 0 Å². The predicted molar refractivity (Wildman–Crippen MR) is 74.0 cm³/mol. The molecule has 0 saturated carbocycles. The zero-order chi connectivity index (χ0) is 13.8. The summed E-state index contributed by atoms with van der Waals surface area (Å²) in [4.78, 5) is 10.9. The second kappa shape index (κ2) is 5.57. The van der Waals surface area contributed by atoms with Crippen molar-refractivity contribution in [1.82, 2.24) is 0 Å². The van der Waals surface area contributed by atoms with Crippen molar-refractivity contribution in [2.75, 3.05) is 0 Å². The lowest BCUT2D eigenvalue weighted by molar-refractivity contribution is 0.0696. The van der Waals surface area contributed by atoms with E-state index in [4.69, 9.17) is 9.84 Å². The molecule has 0 heterocycles. The summed E-state index contributed by atoms with van der Waals surface area (Å²) >= 11 is 0. The van der Waals surface area contributed by atoms with Crippen LogP contribution in [0.2, 0.25) is 0 Å². The molecule has 0 aliphatic heterocycles. The monoisotopic (exact) mass is 256 g/mol. The Balaban J connectivity index is 2.26. The van der Waals surface area contributed by atoms with E-state index in [1.54, 1.807) is 18.2 Å². The Labute approximate surface area is 112 Å². The third-order valence-electron chi connectivity index (χ3n) is 2.99. The number of benzene rings is 2. The first kappa shape index (κ1) is 13.1. The minimum absolute atomic E-state index is 0.228. The Morgan fingerprint density at radius 3 is 2.42 bits per heavy atom. The molecule has 2 aromatic rings. The van der Waals surface area contributed by atoms with Crippen LogP contribution < -0.4 is 4.74 Å². The molecule has 0 aliphatic rings. The van der Waals surface area contributed by atoms with Crippen molar-refractivity contribution in [2.45, 2.75) is 20.3 Å². The van der Waals surface area contributed by atoms with Crippen LogP contribution in [-0.2, 0) is 6.42 Å². The molecule has 0 saturated heterocycles. The maximum Gasteiger partial charge on any atom is 0.335 e. The highest BCUT2D eigenvalue weighted by Gasteiger charge is 2.08. The van der Waals surface area contributed by atoms with E-state index in [1.807, 2.05) is 31.2 Å². The van der Waals surface area contributed by atoms with E-state index in [0.717, 1.165) is 12.0 Å². The topological polar surface area (TPSA) is 46.5 Å². The molecule has 1 N–H and O–H groups in total. The zero-order valence-corrected chi connectivity index (χ0v) is 11.0. The standard InChI is InChI=1S/C16H16O3/c1-3-12-5-8-14(9-6-12)19-15-10-13(16(17)18)7-4-11(15)2/h4-10H,3H2,1-2H3,(H,17,18). The number of hydrogen-bond acceptors (Lipinski definition) is 2. The fourth-order valence-corrected chi connectivity index (χ4v) is 1.76. The third-order valence-corrected chi connectivity index (χ3v) is 2.99. The van der Waals surface area contributed by atoms with Crippen molar-refractivity contribution < 1.29 is 14.6 Å². The van der Waals surface area contributed by atoms with Crippen molar-refractivity contribution in [3.8, 4) is 11.5 Å². The van der Waals surface area contributed by atoms with Gasteiger partial charge in [-0.2, -0.15) is 0 Å². The summed E-state index contributed by atoms with van der Waals surface area (Å²) in [6.45, 7) is 3.98. The third kappa shape index (κ3) is 3.13. The second-order valence-corrected chi connectivity index (χ2v) is 4.38. The van der Waals surface area contributed by atoms with Crippen LogP contribution in [0.3, 0.4) is 0 Å². The first-order valence-electron chi connectivity index (χ1n) is 6.21. The molecule has 0 bridgehead atoms. The zero-order valence-electron chi connectivity index (χ0n) is 11.0. The van der Waals surface area contributed by atoms with Crippen LogP contribution in [0.4, 0.5) is 0 Å². The molecule has 0 radical (unpaired) electrons. The lowest BCUT2D eigenvalue weighted by Gasteiger charge is -2.10. The molecule has 2 rings (SSSR count). The van der Waals surface area contributed by atoms with Gasteiger partial charge in [-0.25, -0.2) is 4.79 Å². The maximum absolute atomic E-state index is 10.9. The number of carbonyl (C=O) groups is 1. The summed E-state index contributed by atoms with van der Waals surface area (Å²) in [6.07, 6.45) is 0.980. The van der Waals surface area contributed by atoms with E-state index in [-0.39, 0.29) is 5.56 Å². The van der Waals surface area contributed by atoms with Gasteiger partial charge in [0.05, 0.1) is 5.56 Å². The number of aromatic carboxylic acids is 1. The van der Waals surface area contributed by atoms with Crippen LogP contribution in [0.25, 0.3) is 0 Å². The van der Waals surface area contributed by atoms with Gasteiger partial charge >= 0.3 is 5.97 Å². The molecule has 0 aromatic heterocycles. The average Bonchev–Trinajstić information content (AvgIpc) is 2.42. The first-order valence-corrected chi connectivity index (χ1v) is 6.21. The number of aryl methyl sites for hydroxylation is 2. The largest absolute Gasteiger partial charge is 0.478 e. The van der Waals surface area contributed by atoms with Crippen LogP contribution in [0.5, 0.6) is 11.5 Å². The lowest BCUT2D eigenvalue weighted by Crippen LogP contribution is -1.97. The van der Waals surface area contributed by atoms with Crippen molar-refractivity contribution in [3.63, 3.8) is 0 Å². The normalized spacial score (nSPS) is 10.2. The summed E-state index contributed by atoms with van der Waals surface area (Å²) in [5, 5.41) is 8.98. The highest BCUT2D eigenvalue weighted by molar-refractivity contribution is 5.88. The Hall–Kier alpha value is -2.29. The quantitative estimate of drug-likeness (QED) is 0.897. The van der Waals surface area contributed by atoms with Gasteiger partial charge < -0.3 is 9.84 Å². The van der Waals surface area contributed by atoms with Gasteiger partial charge in [0.15, 0.2) is 0 Å². The number of carboxylic acids is 1. The highest BCUT2D eigenvalue weighted by Crippen LogP contribution is 2.26. The molecule has 0 amide bonds. The van der Waals surface area contributed by atoms with E-state index in [2.05, 4.69) is 6.92 Å². The van der Waals surface area contributed by atoms with Gasteiger partial charge in [0.1, 0.15) is 11.5 Å². The van der Waals surface area contributed by atoms with E-state index in [0.29, 0.717) is 11.5 Å². The second-order valence-electron chi connectivity index (χ2n) is 4.38. The van der Waals surface area contributed by atoms with Gasteiger partial charge in [-0.15, -0.1) is 0 Å². The summed E-state index contributed by atoms with van der Waals surface area (Å²) in [6, 6.07) is 12.7. The maximum atomic E-state index is 10.9. The van der Waals surface area contributed by atoms with Crippen LogP contribution in [0, 0.1) is 6.92 Å². The Kier molecular flexibility index (Phi) is 3.85. The van der Waals surface area contributed by atoms with Gasteiger partial charge in [0.25, 0.3) is 0 Å². The fourth-order valence-electron chi connectivity index (χ4n) is 1.76. The fraction of sp³-hybridized carbons (Fsp3) is 0.188. The first-order chi connectivity index (χ1) is 9.10. The molecular formula is C16H16O3. The van der Waals surface area contributed by atoms with Gasteiger partial charge in [0.2, 0.25) is 0 Å². The molecule has 98 valence electrons. The molecule has 0 aliphatic carbocycles. The Bertz CT molecular complexity index is 585. The number of carboxylic acid groups (broad SMARTS) is 1. The van der Waals surface area contributed by atoms with E-state index in [1.165, 1.54) is 5.56 Å². The van der Waals surface area contributed by atoms with Gasteiger partial charge in [-0.3, -0.25) is 0 Å². The average molecular weight is 256 g/mol. The Morgan fingerprint density at radius 1 is 1.16 bits per heavy atom. The summed E-state index contributed by atoms with van der Waals surface area (Å²) in [7, 11) is 0. The molecule has 0 fully saturated rings. The Morgan fingerprint density at radius 2 is 1.84 bits per heavy atom. The smallest absolute Gasteiger partial charge is 0.335 e. The molecule has 0 spiro atoms. The molecule has 19 heavy (non-hydrogen) atoms. The van der Waals surface area contributed by atoms with Crippen LogP contribution in [0.1, 0.15) is 28.4 Å².